The maximum atomic E-state index is 13.1. The summed E-state index contributed by atoms with van der Waals surface area (Å²) >= 11 is 1.43. The molecule has 1 aliphatic heterocycles. The number of rotatable bonds is 3. The van der Waals surface area contributed by atoms with Gasteiger partial charge in [0, 0.05) is 13.6 Å². The molecule has 0 unspecified atom stereocenters. The molecule has 8 heteroatoms. The Bertz CT molecular complexity index is 1210. The number of fused-ring (bicyclic) bond motifs is 1. The van der Waals surface area contributed by atoms with Crippen LogP contribution in [0.25, 0.3) is 10.2 Å². The van der Waals surface area contributed by atoms with Crippen LogP contribution in [0.3, 0.4) is 0 Å². The van der Waals surface area contributed by atoms with Crippen molar-refractivity contribution in [1.82, 2.24) is 8.87 Å². The summed E-state index contributed by atoms with van der Waals surface area (Å²) < 4.78 is 30.3. The standard InChI is InChI=1S/C20H21N3O3S2/c1-14-9-11-15(12-10-14)28(25,26)23-13-5-7-17(23)19(24)21-20-22(2)16-6-3-4-8-18(16)27-20/h3-4,6,8-12,17H,5,7,13H2,1-2H3/t17-/m1/s1. The Balaban J connectivity index is 1.68. The van der Waals surface area contributed by atoms with E-state index in [1.165, 1.54) is 15.6 Å². The van der Waals surface area contributed by atoms with E-state index in [9.17, 15) is 13.2 Å². The highest BCUT2D eigenvalue weighted by molar-refractivity contribution is 7.89. The molecule has 0 bridgehead atoms. The molecular formula is C20H21N3O3S2. The highest BCUT2D eigenvalue weighted by atomic mass is 32.2. The summed E-state index contributed by atoms with van der Waals surface area (Å²) in [4.78, 5) is 18.0. The van der Waals surface area contributed by atoms with Gasteiger partial charge in [-0.25, -0.2) is 8.42 Å². The lowest BCUT2D eigenvalue weighted by molar-refractivity contribution is -0.121. The van der Waals surface area contributed by atoms with Crippen LogP contribution in [0.1, 0.15) is 18.4 Å². The molecule has 2 aromatic carbocycles. The fourth-order valence-corrected chi connectivity index (χ4v) is 6.15. The summed E-state index contributed by atoms with van der Waals surface area (Å²) in [6.07, 6.45) is 1.14. The summed E-state index contributed by atoms with van der Waals surface area (Å²) in [5.74, 6) is -0.407. The zero-order valence-corrected chi connectivity index (χ0v) is 17.3. The van der Waals surface area contributed by atoms with E-state index >= 15 is 0 Å². The Hall–Kier alpha value is -2.29. The molecule has 2 heterocycles. The number of nitrogens with zero attached hydrogens (tertiary/aromatic N) is 3. The molecule has 0 radical (unpaired) electrons. The predicted octanol–water partition coefficient (Wildman–Crippen LogP) is 2.83. The summed E-state index contributed by atoms with van der Waals surface area (Å²) in [5, 5.41) is 0. The van der Waals surface area contributed by atoms with E-state index in [1.807, 2.05) is 42.8 Å². The maximum absolute atomic E-state index is 13.1. The first-order valence-corrected chi connectivity index (χ1v) is 11.4. The zero-order valence-electron chi connectivity index (χ0n) is 15.7. The Morgan fingerprint density at radius 1 is 1.14 bits per heavy atom. The van der Waals surface area contributed by atoms with E-state index in [0.717, 1.165) is 15.8 Å². The lowest BCUT2D eigenvalue weighted by atomic mass is 10.2. The molecule has 1 amide bonds. The van der Waals surface area contributed by atoms with Crippen molar-refractivity contribution in [2.75, 3.05) is 6.54 Å². The highest BCUT2D eigenvalue weighted by Crippen LogP contribution is 2.27. The molecule has 1 aromatic heterocycles. The van der Waals surface area contributed by atoms with Crippen molar-refractivity contribution >= 4 is 37.5 Å². The second-order valence-corrected chi connectivity index (χ2v) is 9.85. The van der Waals surface area contributed by atoms with E-state index in [4.69, 9.17) is 0 Å². The van der Waals surface area contributed by atoms with Crippen LogP contribution in [0.5, 0.6) is 0 Å². The molecule has 3 aromatic rings. The molecule has 1 fully saturated rings. The second kappa shape index (κ2) is 7.27. The quantitative estimate of drug-likeness (QED) is 0.660. The van der Waals surface area contributed by atoms with Crippen LogP contribution >= 0.6 is 11.3 Å². The monoisotopic (exact) mass is 415 g/mol. The molecule has 0 spiro atoms. The fourth-order valence-electron chi connectivity index (χ4n) is 3.48. The van der Waals surface area contributed by atoms with E-state index in [1.54, 1.807) is 24.3 Å². The number of carbonyl (C=O) groups excluding carboxylic acids is 1. The van der Waals surface area contributed by atoms with Crippen LogP contribution in [-0.4, -0.2) is 35.8 Å². The van der Waals surface area contributed by atoms with Crippen LogP contribution in [0, 0.1) is 6.92 Å². The van der Waals surface area contributed by atoms with Crippen LogP contribution in [0.15, 0.2) is 58.4 Å². The van der Waals surface area contributed by atoms with Crippen molar-refractivity contribution in [1.29, 1.82) is 0 Å². The molecule has 0 saturated carbocycles. The number of benzene rings is 2. The molecule has 1 aliphatic rings. The van der Waals surface area contributed by atoms with Gasteiger partial charge in [-0.2, -0.15) is 9.30 Å². The normalized spacial score (nSPS) is 18.8. The van der Waals surface area contributed by atoms with E-state index in [-0.39, 0.29) is 4.90 Å². The molecule has 146 valence electrons. The third-order valence-electron chi connectivity index (χ3n) is 5.04. The first-order valence-electron chi connectivity index (χ1n) is 9.09. The molecule has 4 rings (SSSR count). The van der Waals surface area contributed by atoms with Crippen molar-refractivity contribution in [2.24, 2.45) is 12.0 Å². The lowest BCUT2D eigenvalue weighted by Gasteiger charge is -2.21. The number of hydrogen-bond acceptors (Lipinski definition) is 4. The third-order valence-corrected chi connectivity index (χ3v) is 8.07. The van der Waals surface area contributed by atoms with Crippen molar-refractivity contribution in [3.05, 3.63) is 58.9 Å². The smallest absolute Gasteiger partial charge is 0.266 e. The molecule has 1 atom stereocenters. The summed E-state index contributed by atoms with van der Waals surface area (Å²) in [6.45, 7) is 2.24. The summed E-state index contributed by atoms with van der Waals surface area (Å²) in [7, 11) is -1.87. The number of amides is 1. The lowest BCUT2D eigenvalue weighted by Crippen LogP contribution is -2.40. The van der Waals surface area contributed by atoms with Crippen molar-refractivity contribution in [3.8, 4) is 0 Å². The first-order chi connectivity index (χ1) is 13.4. The van der Waals surface area contributed by atoms with E-state index < -0.39 is 22.0 Å². The molecular weight excluding hydrogens is 394 g/mol. The average Bonchev–Trinajstić information content (AvgIpc) is 3.29. The number of para-hydroxylation sites is 1. The number of sulfonamides is 1. The second-order valence-electron chi connectivity index (χ2n) is 6.95. The van der Waals surface area contributed by atoms with Crippen LogP contribution in [0.2, 0.25) is 0 Å². The van der Waals surface area contributed by atoms with Crippen LogP contribution in [0.4, 0.5) is 0 Å². The van der Waals surface area contributed by atoms with Gasteiger partial charge in [0.15, 0.2) is 4.80 Å². The number of aromatic nitrogens is 1. The Morgan fingerprint density at radius 3 is 2.57 bits per heavy atom. The molecule has 0 N–H and O–H groups in total. The van der Waals surface area contributed by atoms with Gasteiger partial charge in [0.25, 0.3) is 5.91 Å². The molecule has 0 aliphatic carbocycles. The SMILES string of the molecule is Cc1ccc(S(=O)(=O)N2CCC[C@@H]2C(=O)N=c2sc3ccccc3n2C)cc1. The minimum atomic E-state index is -3.73. The summed E-state index contributed by atoms with van der Waals surface area (Å²) in [6, 6.07) is 13.8. The fraction of sp³-hybridized carbons (Fsp3) is 0.300. The summed E-state index contributed by atoms with van der Waals surface area (Å²) in [5.41, 5.74) is 1.98. The van der Waals surface area contributed by atoms with Crippen LogP contribution in [-0.2, 0) is 21.9 Å². The third kappa shape index (κ3) is 3.32. The van der Waals surface area contributed by atoms with Crippen molar-refractivity contribution in [3.63, 3.8) is 0 Å². The largest absolute Gasteiger partial charge is 0.319 e. The topological polar surface area (TPSA) is 71.7 Å². The number of aryl methyl sites for hydroxylation is 2. The van der Waals surface area contributed by atoms with Crippen molar-refractivity contribution < 1.29 is 13.2 Å². The van der Waals surface area contributed by atoms with Gasteiger partial charge in [0.2, 0.25) is 10.0 Å². The van der Waals surface area contributed by atoms with Gasteiger partial charge in [-0.1, -0.05) is 41.2 Å². The number of hydrogen-bond donors (Lipinski definition) is 0. The Morgan fingerprint density at radius 2 is 1.86 bits per heavy atom. The van der Waals surface area contributed by atoms with Gasteiger partial charge in [-0.05, 0) is 44.0 Å². The van der Waals surface area contributed by atoms with E-state index in [2.05, 4.69) is 4.99 Å². The number of carbonyl (C=O) groups is 1. The number of thiazole rings is 1. The Kier molecular flexibility index (Phi) is 4.95. The van der Waals surface area contributed by atoms with E-state index in [0.29, 0.717) is 24.2 Å². The van der Waals surface area contributed by atoms with Gasteiger partial charge >= 0.3 is 0 Å². The van der Waals surface area contributed by atoms with Gasteiger partial charge in [0.1, 0.15) is 6.04 Å². The minimum absolute atomic E-state index is 0.213. The van der Waals surface area contributed by atoms with Gasteiger partial charge in [-0.3, -0.25) is 4.79 Å². The van der Waals surface area contributed by atoms with Gasteiger partial charge < -0.3 is 4.57 Å². The van der Waals surface area contributed by atoms with Crippen LogP contribution < -0.4 is 4.80 Å². The molecule has 28 heavy (non-hydrogen) atoms. The predicted molar refractivity (Wildman–Crippen MR) is 109 cm³/mol. The maximum Gasteiger partial charge on any atom is 0.266 e. The van der Waals surface area contributed by atoms with Gasteiger partial charge in [-0.15, -0.1) is 0 Å². The zero-order chi connectivity index (χ0) is 19.9. The first kappa shape index (κ1) is 19.0. The minimum Gasteiger partial charge on any atom is -0.319 e. The Labute approximate surface area is 167 Å². The van der Waals surface area contributed by atoms with Gasteiger partial charge in [0.05, 0.1) is 15.1 Å². The average molecular weight is 416 g/mol. The highest BCUT2D eigenvalue weighted by Gasteiger charge is 2.39. The van der Waals surface area contributed by atoms with Crippen molar-refractivity contribution in [2.45, 2.75) is 30.7 Å². The molecule has 1 saturated heterocycles. The molecule has 6 nitrogen and oxygen atoms in total.